The van der Waals surface area contributed by atoms with E-state index in [2.05, 4.69) is 26.1 Å². The second kappa shape index (κ2) is 9.85. The Bertz CT molecular complexity index is 449. The molecule has 1 N–H and O–H groups in total. The summed E-state index contributed by atoms with van der Waals surface area (Å²) in [6, 6.07) is 5.60. The molecule has 0 saturated heterocycles. The van der Waals surface area contributed by atoms with Gasteiger partial charge in [-0.05, 0) is 31.7 Å². The monoisotopic (exact) mass is 402 g/mol. The Hall–Kier alpha value is -0.000000000000000167. The lowest BCUT2D eigenvalue weighted by atomic mass is 10.2. The number of amides is 1. The molecule has 0 radical (unpaired) electrons. The highest BCUT2D eigenvalue weighted by atomic mass is 79.9. The molecule has 1 rings (SSSR count). The number of carbonyl (C=O) groups excluding carboxylic acids is 1. The summed E-state index contributed by atoms with van der Waals surface area (Å²) in [5, 5.41) is 3.97. The predicted molar refractivity (Wildman–Crippen MR) is 85.3 cm³/mol. The Morgan fingerprint density at radius 1 is 1.45 bits per heavy atom. The van der Waals surface area contributed by atoms with Gasteiger partial charge in [-0.15, -0.1) is 0 Å². The van der Waals surface area contributed by atoms with Crippen LogP contribution in [0.5, 0.6) is 0 Å². The first kappa shape index (κ1) is 20.0. The standard InChI is InChI=1S/C13H17BrCl2N2O.ClH/c1-9(14)13(19)17-5-6-18(2)8-10-3-4-11(15)12(16)7-10;/h3-4,7,9H,5-6,8H2,1-2H3,(H,17,19);1H. The minimum absolute atomic E-state index is 0. The maximum atomic E-state index is 11.4. The van der Waals surface area contributed by atoms with Crippen LogP contribution in [0.2, 0.25) is 10.0 Å². The lowest BCUT2D eigenvalue weighted by Gasteiger charge is -2.17. The molecule has 114 valence electrons. The van der Waals surface area contributed by atoms with Gasteiger partial charge in [-0.25, -0.2) is 0 Å². The van der Waals surface area contributed by atoms with E-state index in [9.17, 15) is 4.79 Å². The largest absolute Gasteiger partial charge is 1.00 e. The SMILES string of the molecule is CC(Br)C(=O)NCCN(C)Cc1ccc(Cl)c(Cl)c1.[Cl-].[H+]. The Labute approximate surface area is 146 Å². The number of hydrogen-bond donors (Lipinski definition) is 1. The third kappa shape index (κ3) is 7.14. The molecule has 0 aliphatic carbocycles. The zero-order valence-electron chi connectivity index (χ0n) is 12.3. The number of alkyl halides is 1. The van der Waals surface area contributed by atoms with Crippen LogP contribution in [0, 0.1) is 0 Å². The zero-order chi connectivity index (χ0) is 14.4. The van der Waals surface area contributed by atoms with Gasteiger partial charge in [0.05, 0.1) is 14.9 Å². The van der Waals surface area contributed by atoms with Gasteiger partial charge in [0.1, 0.15) is 0 Å². The van der Waals surface area contributed by atoms with Crippen LogP contribution < -0.4 is 17.7 Å². The maximum Gasteiger partial charge on any atom is 1.00 e. The molecule has 1 amide bonds. The molecule has 0 aliphatic heterocycles. The van der Waals surface area contributed by atoms with Gasteiger partial charge < -0.3 is 22.6 Å². The predicted octanol–water partition coefficient (Wildman–Crippen LogP) is 0.441. The fourth-order valence-corrected chi connectivity index (χ4v) is 2.02. The molecule has 1 aromatic rings. The summed E-state index contributed by atoms with van der Waals surface area (Å²) in [6.07, 6.45) is 0. The smallest absolute Gasteiger partial charge is 1.00 e. The summed E-state index contributed by atoms with van der Waals surface area (Å²) in [6.45, 7) is 3.95. The van der Waals surface area contributed by atoms with E-state index in [4.69, 9.17) is 23.2 Å². The van der Waals surface area contributed by atoms with Crippen molar-refractivity contribution in [1.29, 1.82) is 0 Å². The Morgan fingerprint density at radius 3 is 2.65 bits per heavy atom. The van der Waals surface area contributed by atoms with E-state index in [1.165, 1.54) is 0 Å². The van der Waals surface area contributed by atoms with Crippen LogP contribution in [0.25, 0.3) is 0 Å². The quantitative estimate of drug-likeness (QED) is 0.698. The number of rotatable bonds is 6. The number of nitrogens with one attached hydrogen (secondary N) is 1. The molecule has 1 unspecified atom stereocenters. The lowest BCUT2D eigenvalue weighted by Crippen LogP contribution is -3.00. The van der Waals surface area contributed by atoms with Crippen molar-refractivity contribution in [1.82, 2.24) is 10.2 Å². The van der Waals surface area contributed by atoms with Gasteiger partial charge >= 0.3 is 1.43 Å². The molecule has 0 heterocycles. The number of benzene rings is 1. The first-order chi connectivity index (χ1) is 8.90. The summed E-state index contributed by atoms with van der Waals surface area (Å²) in [5.74, 6) is 0.00272. The fourth-order valence-electron chi connectivity index (χ4n) is 1.54. The number of hydrogen-bond acceptors (Lipinski definition) is 2. The van der Waals surface area contributed by atoms with E-state index in [-0.39, 0.29) is 24.6 Å². The van der Waals surface area contributed by atoms with Crippen molar-refractivity contribution < 1.29 is 18.6 Å². The highest BCUT2D eigenvalue weighted by Gasteiger charge is 2.08. The van der Waals surface area contributed by atoms with Crippen molar-refractivity contribution >= 4 is 45.0 Å². The van der Waals surface area contributed by atoms with Crippen molar-refractivity contribution in [3.63, 3.8) is 0 Å². The molecule has 1 atom stereocenters. The van der Waals surface area contributed by atoms with Crippen molar-refractivity contribution in [2.75, 3.05) is 20.1 Å². The maximum absolute atomic E-state index is 11.4. The van der Waals surface area contributed by atoms with Gasteiger partial charge in [-0.3, -0.25) is 4.79 Å². The number of halogens is 4. The molecule has 0 spiro atoms. The second-order valence-corrected chi connectivity index (χ2v) is 6.58. The highest BCUT2D eigenvalue weighted by Crippen LogP contribution is 2.22. The number of nitrogens with zero attached hydrogens (tertiary/aromatic N) is 1. The molecule has 1 aromatic carbocycles. The van der Waals surface area contributed by atoms with Crippen LogP contribution in [0.3, 0.4) is 0 Å². The molecule has 0 aromatic heterocycles. The van der Waals surface area contributed by atoms with Gasteiger partial charge in [0.15, 0.2) is 0 Å². The van der Waals surface area contributed by atoms with Crippen molar-refractivity contribution in [2.24, 2.45) is 0 Å². The summed E-state index contributed by atoms with van der Waals surface area (Å²) in [7, 11) is 1.99. The average molecular weight is 405 g/mol. The van der Waals surface area contributed by atoms with E-state index >= 15 is 0 Å². The minimum atomic E-state index is -0.159. The normalized spacial score (nSPS) is 11.9. The fraction of sp³-hybridized carbons (Fsp3) is 0.462. The Kier molecular flexibility index (Phi) is 9.85. The van der Waals surface area contributed by atoms with Crippen LogP contribution in [-0.2, 0) is 11.3 Å². The Balaban J connectivity index is 0. The Morgan fingerprint density at radius 2 is 2.10 bits per heavy atom. The molecular formula is C13H18BrCl3N2O. The first-order valence-electron chi connectivity index (χ1n) is 5.94. The molecule has 20 heavy (non-hydrogen) atoms. The summed E-state index contributed by atoms with van der Waals surface area (Å²) in [4.78, 5) is 13.3. The van der Waals surface area contributed by atoms with Crippen LogP contribution in [0.15, 0.2) is 18.2 Å². The lowest BCUT2D eigenvalue weighted by molar-refractivity contribution is -0.120. The third-order valence-electron chi connectivity index (χ3n) is 2.59. The van der Waals surface area contributed by atoms with Gasteiger partial charge in [0, 0.05) is 19.6 Å². The molecule has 0 saturated carbocycles. The molecular weight excluding hydrogens is 386 g/mol. The van der Waals surface area contributed by atoms with Gasteiger partial charge in [0.25, 0.3) is 0 Å². The first-order valence-corrected chi connectivity index (χ1v) is 7.61. The van der Waals surface area contributed by atoms with Gasteiger partial charge in [-0.2, -0.15) is 0 Å². The van der Waals surface area contributed by atoms with E-state index in [1.807, 2.05) is 19.2 Å². The molecule has 7 heteroatoms. The molecule has 0 fully saturated rings. The van der Waals surface area contributed by atoms with Gasteiger partial charge in [-0.1, -0.05) is 45.2 Å². The van der Waals surface area contributed by atoms with E-state index < -0.39 is 0 Å². The average Bonchev–Trinajstić information content (AvgIpc) is 2.33. The molecule has 0 bridgehead atoms. The zero-order valence-corrected chi connectivity index (χ0v) is 15.2. The molecule has 3 nitrogen and oxygen atoms in total. The summed E-state index contributed by atoms with van der Waals surface area (Å²) < 4.78 is 0. The summed E-state index contributed by atoms with van der Waals surface area (Å²) >= 11 is 15.1. The van der Waals surface area contributed by atoms with Crippen LogP contribution >= 0.6 is 39.1 Å². The third-order valence-corrected chi connectivity index (χ3v) is 3.75. The topological polar surface area (TPSA) is 32.3 Å². The minimum Gasteiger partial charge on any atom is -1.00 e. The number of carbonyl (C=O) groups is 1. The van der Waals surface area contributed by atoms with Crippen LogP contribution in [0.4, 0.5) is 0 Å². The van der Waals surface area contributed by atoms with Gasteiger partial charge in [0.2, 0.25) is 5.91 Å². The number of likely N-dealkylation sites (N-methyl/N-ethyl adjacent to an activating group) is 1. The summed E-state index contributed by atoms with van der Waals surface area (Å²) in [5.41, 5.74) is 1.09. The van der Waals surface area contributed by atoms with Crippen molar-refractivity contribution in [3.8, 4) is 0 Å². The van der Waals surface area contributed by atoms with Crippen molar-refractivity contribution in [2.45, 2.75) is 18.3 Å². The molecule has 0 aliphatic rings. The van der Waals surface area contributed by atoms with E-state index in [0.29, 0.717) is 16.6 Å². The van der Waals surface area contributed by atoms with Crippen LogP contribution in [-0.4, -0.2) is 35.8 Å². The van der Waals surface area contributed by atoms with E-state index in [0.717, 1.165) is 18.7 Å². The highest BCUT2D eigenvalue weighted by molar-refractivity contribution is 9.10. The van der Waals surface area contributed by atoms with E-state index in [1.54, 1.807) is 13.0 Å². The second-order valence-electron chi connectivity index (χ2n) is 4.39. The van der Waals surface area contributed by atoms with Crippen molar-refractivity contribution in [3.05, 3.63) is 33.8 Å². The van der Waals surface area contributed by atoms with Crippen LogP contribution in [0.1, 0.15) is 13.9 Å².